The van der Waals surface area contributed by atoms with Crippen molar-refractivity contribution >= 4 is 6.09 Å². The lowest BCUT2D eigenvalue weighted by Crippen LogP contribution is -2.43. The van der Waals surface area contributed by atoms with Gasteiger partial charge in [-0.05, 0) is 63.7 Å². The zero-order valence-electron chi connectivity index (χ0n) is 14.8. The molecule has 2 aliphatic carbocycles. The average molecular weight is 308 g/mol. The molecule has 0 bridgehead atoms. The summed E-state index contributed by atoms with van der Waals surface area (Å²) in [6.07, 6.45) is 3.84. The molecule has 1 aliphatic heterocycles. The molecule has 3 rings (SSSR count). The van der Waals surface area contributed by atoms with Gasteiger partial charge < -0.3 is 15.0 Å². The van der Waals surface area contributed by atoms with E-state index in [0.29, 0.717) is 23.9 Å². The van der Waals surface area contributed by atoms with Crippen molar-refractivity contribution < 1.29 is 9.53 Å². The summed E-state index contributed by atoms with van der Waals surface area (Å²) < 4.78 is 5.47. The number of amides is 1. The van der Waals surface area contributed by atoms with Crippen LogP contribution in [0.3, 0.4) is 0 Å². The second kappa shape index (κ2) is 5.70. The highest BCUT2D eigenvalue weighted by Gasteiger charge is 2.57. The van der Waals surface area contributed by atoms with Gasteiger partial charge in [0.25, 0.3) is 0 Å². The molecule has 4 nitrogen and oxygen atoms in total. The molecule has 5 unspecified atom stereocenters. The van der Waals surface area contributed by atoms with Crippen LogP contribution in [0.5, 0.6) is 0 Å². The summed E-state index contributed by atoms with van der Waals surface area (Å²) in [5.41, 5.74) is -0.392. The van der Waals surface area contributed by atoms with E-state index in [1.54, 1.807) is 0 Å². The fourth-order valence-corrected chi connectivity index (χ4v) is 4.22. The van der Waals surface area contributed by atoms with E-state index in [4.69, 9.17) is 4.74 Å². The second-order valence-corrected chi connectivity index (χ2v) is 8.87. The van der Waals surface area contributed by atoms with Crippen molar-refractivity contribution in [1.82, 2.24) is 10.2 Å². The quantitative estimate of drug-likeness (QED) is 0.851. The smallest absolute Gasteiger partial charge is 0.410 e. The fraction of sp³-hybridized carbons (Fsp3) is 0.944. The molecule has 5 atom stereocenters. The Morgan fingerprint density at radius 1 is 1.09 bits per heavy atom. The third-order valence-corrected chi connectivity index (χ3v) is 5.87. The van der Waals surface area contributed by atoms with Crippen LogP contribution in [0.1, 0.15) is 53.9 Å². The molecule has 1 saturated heterocycles. The van der Waals surface area contributed by atoms with Crippen molar-refractivity contribution in [3.05, 3.63) is 0 Å². The van der Waals surface area contributed by atoms with Crippen molar-refractivity contribution in [3.63, 3.8) is 0 Å². The number of carbonyl (C=O) groups is 1. The highest BCUT2D eigenvalue weighted by molar-refractivity contribution is 5.69. The Labute approximate surface area is 135 Å². The van der Waals surface area contributed by atoms with Crippen LogP contribution in [0.25, 0.3) is 0 Å². The summed E-state index contributed by atoms with van der Waals surface area (Å²) >= 11 is 0. The van der Waals surface area contributed by atoms with E-state index in [1.165, 1.54) is 19.3 Å². The van der Waals surface area contributed by atoms with Crippen LogP contribution in [0, 0.1) is 23.7 Å². The average Bonchev–Trinajstić information content (AvgIpc) is 2.83. The number of piperidine rings is 1. The van der Waals surface area contributed by atoms with Gasteiger partial charge in [-0.25, -0.2) is 4.79 Å². The molecule has 0 spiro atoms. The van der Waals surface area contributed by atoms with Crippen molar-refractivity contribution in [2.75, 3.05) is 13.1 Å². The van der Waals surface area contributed by atoms with Gasteiger partial charge in [0.2, 0.25) is 0 Å². The van der Waals surface area contributed by atoms with Gasteiger partial charge in [0.15, 0.2) is 0 Å². The first-order valence-corrected chi connectivity index (χ1v) is 8.98. The van der Waals surface area contributed by atoms with Crippen LogP contribution in [-0.2, 0) is 4.74 Å². The second-order valence-electron chi connectivity index (χ2n) is 8.87. The van der Waals surface area contributed by atoms with Gasteiger partial charge in [-0.2, -0.15) is 0 Å². The Hall–Kier alpha value is -0.770. The fourth-order valence-electron chi connectivity index (χ4n) is 4.22. The molecular formula is C18H32N2O2. The van der Waals surface area contributed by atoms with E-state index >= 15 is 0 Å². The van der Waals surface area contributed by atoms with Crippen molar-refractivity contribution in [3.8, 4) is 0 Å². The Kier molecular flexibility index (Phi) is 4.17. The van der Waals surface area contributed by atoms with Crippen LogP contribution in [-0.4, -0.2) is 41.8 Å². The standard InChI is InChI=1S/C18H32N2O2/c1-11-6-7-13(8-12(11)2)19-16-14-9-20(10-15(14)16)17(21)22-18(3,4)5/h11-16,19H,6-10H2,1-5H3. The van der Waals surface area contributed by atoms with Crippen molar-refractivity contribution in [1.29, 1.82) is 0 Å². The number of rotatable bonds is 2. The third kappa shape index (κ3) is 3.42. The Bertz CT molecular complexity index is 419. The van der Waals surface area contributed by atoms with Gasteiger partial charge in [-0.15, -0.1) is 0 Å². The number of likely N-dealkylation sites (tertiary alicyclic amines) is 1. The number of hydrogen-bond acceptors (Lipinski definition) is 3. The summed E-state index contributed by atoms with van der Waals surface area (Å²) in [7, 11) is 0. The molecule has 3 fully saturated rings. The Balaban J connectivity index is 1.42. The predicted molar refractivity (Wildman–Crippen MR) is 87.7 cm³/mol. The topological polar surface area (TPSA) is 41.6 Å². The Morgan fingerprint density at radius 2 is 1.73 bits per heavy atom. The molecule has 1 N–H and O–H groups in total. The van der Waals surface area contributed by atoms with Gasteiger partial charge in [0.1, 0.15) is 5.60 Å². The lowest BCUT2D eigenvalue weighted by Gasteiger charge is -2.33. The minimum Gasteiger partial charge on any atom is -0.444 e. The minimum absolute atomic E-state index is 0.140. The van der Waals surface area contributed by atoms with Gasteiger partial charge in [-0.3, -0.25) is 0 Å². The number of nitrogens with one attached hydrogen (secondary N) is 1. The molecule has 0 aromatic heterocycles. The van der Waals surface area contributed by atoms with Crippen LogP contribution in [0.2, 0.25) is 0 Å². The molecule has 2 saturated carbocycles. The number of hydrogen-bond donors (Lipinski definition) is 1. The SMILES string of the molecule is CC1CCC(NC2C3CN(C(=O)OC(C)(C)C)CC32)CC1C. The summed E-state index contributed by atoms with van der Waals surface area (Å²) in [4.78, 5) is 14.0. The van der Waals surface area contributed by atoms with Crippen LogP contribution < -0.4 is 5.32 Å². The highest BCUT2D eigenvalue weighted by Crippen LogP contribution is 2.46. The van der Waals surface area contributed by atoms with E-state index in [0.717, 1.165) is 24.9 Å². The molecule has 1 amide bonds. The molecule has 3 aliphatic rings. The van der Waals surface area contributed by atoms with Crippen molar-refractivity contribution in [2.24, 2.45) is 23.7 Å². The summed E-state index contributed by atoms with van der Waals surface area (Å²) in [5, 5.41) is 3.87. The lowest BCUT2D eigenvalue weighted by molar-refractivity contribution is 0.0268. The lowest BCUT2D eigenvalue weighted by atomic mass is 9.79. The maximum absolute atomic E-state index is 12.1. The molecule has 0 radical (unpaired) electrons. The molecule has 1 heterocycles. The van der Waals surface area contributed by atoms with Crippen molar-refractivity contribution in [2.45, 2.75) is 71.6 Å². The first-order valence-electron chi connectivity index (χ1n) is 8.98. The molecule has 4 heteroatoms. The largest absolute Gasteiger partial charge is 0.444 e. The monoisotopic (exact) mass is 308 g/mol. The van der Waals surface area contributed by atoms with Gasteiger partial charge in [0.05, 0.1) is 0 Å². The molecule has 0 aromatic carbocycles. The predicted octanol–water partition coefficient (Wildman–Crippen LogP) is 3.27. The van der Waals surface area contributed by atoms with E-state index < -0.39 is 5.60 Å². The van der Waals surface area contributed by atoms with E-state index in [2.05, 4.69) is 19.2 Å². The number of nitrogens with zero attached hydrogens (tertiary/aromatic N) is 1. The number of ether oxygens (including phenoxy) is 1. The summed E-state index contributed by atoms with van der Waals surface area (Å²) in [6, 6.07) is 1.33. The van der Waals surface area contributed by atoms with Crippen LogP contribution in [0.15, 0.2) is 0 Å². The zero-order chi connectivity index (χ0) is 16.1. The summed E-state index contributed by atoms with van der Waals surface area (Å²) in [5.74, 6) is 3.02. The molecule has 22 heavy (non-hydrogen) atoms. The van der Waals surface area contributed by atoms with E-state index in [9.17, 15) is 4.79 Å². The van der Waals surface area contributed by atoms with Gasteiger partial charge in [0, 0.05) is 25.2 Å². The summed E-state index contributed by atoms with van der Waals surface area (Å²) in [6.45, 7) is 12.3. The highest BCUT2D eigenvalue weighted by atomic mass is 16.6. The number of fused-ring (bicyclic) bond motifs is 1. The maximum atomic E-state index is 12.1. The molecule has 0 aromatic rings. The molecular weight excluding hydrogens is 276 g/mol. The van der Waals surface area contributed by atoms with Crippen LogP contribution >= 0.6 is 0 Å². The third-order valence-electron chi connectivity index (χ3n) is 5.87. The minimum atomic E-state index is -0.392. The normalized spacial score (nSPS) is 41.2. The van der Waals surface area contributed by atoms with E-state index in [1.807, 2.05) is 25.7 Å². The zero-order valence-corrected chi connectivity index (χ0v) is 14.8. The number of carbonyl (C=O) groups excluding carboxylic acids is 1. The Morgan fingerprint density at radius 3 is 2.27 bits per heavy atom. The molecule has 126 valence electrons. The van der Waals surface area contributed by atoms with Gasteiger partial charge in [-0.1, -0.05) is 13.8 Å². The van der Waals surface area contributed by atoms with Gasteiger partial charge >= 0.3 is 6.09 Å². The first-order chi connectivity index (χ1) is 10.2. The van der Waals surface area contributed by atoms with Crippen LogP contribution in [0.4, 0.5) is 4.79 Å². The maximum Gasteiger partial charge on any atom is 0.410 e. The first kappa shape index (κ1) is 16.1. The van der Waals surface area contributed by atoms with E-state index in [-0.39, 0.29) is 6.09 Å².